The van der Waals surface area contributed by atoms with Crippen LogP contribution in [0, 0.1) is 0 Å². The molecule has 1 fully saturated rings. The molecule has 0 saturated carbocycles. The molecule has 1 atom stereocenters. The largest absolute Gasteiger partial charge is 0.354 e. The van der Waals surface area contributed by atoms with E-state index >= 15 is 0 Å². The zero-order valence-corrected chi connectivity index (χ0v) is 13.0. The lowest BCUT2D eigenvalue weighted by molar-refractivity contribution is -0.134. The van der Waals surface area contributed by atoms with E-state index in [1.54, 1.807) is 11.2 Å². The van der Waals surface area contributed by atoms with Crippen molar-refractivity contribution in [3.8, 4) is 11.4 Å². The summed E-state index contributed by atoms with van der Waals surface area (Å²) in [4.78, 5) is 30.0. The lowest BCUT2D eigenvalue weighted by Gasteiger charge is -2.26. The molecule has 120 valence electrons. The fourth-order valence-electron chi connectivity index (χ4n) is 2.68. The Labute approximate surface area is 134 Å². The van der Waals surface area contributed by atoms with E-state index < -0.39 is 0 Å². The van der Waals surface area contributed by atoms with E-state index in [1.165, 1.54) is 4.68 Å². The molecule has 1 aromatic heterocycles. The predicted molar refractivity (Wildman–Crippen MR) is 84.3 cm³/mol. The van der Waals surface area contributed by atoms with E-state index in [2.05, 4.69) is 15.4 Å². The summed E-state index contributed by atoms with van der Waals surface area (Å²) in [5.41, 5.74) is 0.914. The van der Waals surface area contributed by atoms with Crippen molar-refractivity contribution in [2.24, 2.45) is 0 Å². The van der Waals surface area contributed by atoms with Crippen LogP contribution in [0.5, 0.6) is 0 Å². The van der Waals surface area contributed by atoms with Gasteiger partial charge in [0.25, 0.3) is 0 Å². The fraction of sp³-hybridized carbons (Fsp3) is 0.375. The van der Waals surface area contributed by atoms with Gasteiger partial charge < -0.3 is 10.2 Å². The predicted octanol–water partition coefficient (Wildman–Crippen LogP) is 0.682. The van der Waals surface area contributed by atoms with Gasteiger partial charge in [-0.15, -0.1) is 0 Å². The van der Waals surface area contributed by atoms with Crippen LogP contribution in [0.2, 0.25) is 0 Å². The maximum Gasteiger partial charge on any atom is 0.244 e. The zero-order chi connectivity index (χ0) is 16.2. The lowest BCUT2D eigenvalue weighted by Crippen LogP contribution is -2.41. The van der Waals surface area contributed by atoms with Crippen LogP contribution in [0.15, 0.2) is 36.7 Å². The van der Waals surface area contributed by atoms with Gasteiger partial charge in [0.05, 0.1) is 0 Å². The molecule has 1 N–H and O–H groups in total. The van der Waals surface area contributed by atoms with Gasteiger partial charge in [-0.25, -0.2) is 9.67 Å². The standard InChI is InChI=1S/C16H19N5O2/c1-12-9-14(22)17-7-8-21(12)15(23)10-20-11-18-16(19-20)13-5-3-2-4-6-13/h2-6,11-12H,7-10H2,1H3,(H,17,22). The summed E-state index contributed by atoms with van der Waals surface area (Å²) in [5.74, 6) is 0.526. The normalized spacial score (nSPS) is 18.4. The van der Waals surface area contributed by atoms with Gasteiger partial charge >= 0.3 is 0 Å². The van der Waals surface area contributed by atoms with Gasteiger partial charge in [-0.2, -0.15) is 5.10 Å². The lowest BCUT2D eigenvalue weighted by atomic mass is 10.2. The van der Waals surface area contributed by atoms with E-state index in [0.29, 0.717) is 25.3 Å². The number of hydrogen-bond acceptors (Lipinski definition) is 4. The Morgan fingerprint density at radius 3 is 2.91 bits per heavy atom. The van der Waals surface area contributed by atoms with Crippen LogP contribution < -0.4 is 5.32 Å². The molecule has 0 bridgehead atoms. The number of benzene rings is 1. The monoisotopic (exact) mass is 313 g/mol. The first-order chi connectivity index (χ1) is 11.1. The highest BCUT2D eigenvalue weighted by molar-refractivity contribution is 5.80. The molecule has 23 heavy (non-hydrogen) atoms. The molecule has 7 nitrogen and oxygen atoms in total. The molecule has 0 spiro atoms. The molecule has 3 rings (SSSR count). The van der Waals surface area contributed by atoms with Crippen molar-refractivity contribution in [3.63, 3.8) is 0 Å². The van der Waals surface area contributed by atoms with Crippen LogP contribution in [-0.4, -0.2) is 50.6 Å². The molecule has 2 amide bonds. The third-order valence-electron chi connectivity index (χ3n) is 3.87. The summed E-state index contributed by atoms with van der Waals surface area (Å²) >= 11 is 0. The van der Waals surface area contributed by atoms with Crippen molar-refractivity contribution in [2.75, 3.05) is 13.1 Å². The number of rotatable bonds is 3. The molecule has 1 unspecified atom stereocenters. The number of aromatic nitrogens is 3. The van der Waals surface area contributed by atoms with Crippen molar-refractivity contribution in [2.45, 2.75) is 25.9 Å². The van der Waals surface area contributed by atoms with Crippen molar-refractivity contribution in [3.05, 3.63) is 36.7 Å². The first-order valence-corrected chi connectivity index (χ1v) is 7.64. The van der Waals surface area contributed by atoms with Crippen LogP contribution in [-0.2, 0) is 16.1 Å². The quantitative estimate of drug-likeness (QED) is 0.904. The van der Waals surface area contributed by atoms with E-state index in [4.69, 9.17) is 0 Å². The molecule has 1 saturated heterocycles. The number of hydrogen-bond donors (Lipinski definition) is 1. The Morgan fingerprint density at radius 1 is 1.35 bits per heavy atom. The fourth-order valence-corrected chi connectivity index (χ4v) is 2.68. The molecule has 1 aliphatic heterocycles. The molecule has 1 aromatic carbocycles. The summed E-state index contributed by atoms with van der Waals surface area (Å²) < 4.78 is 1.54. The third-order valence-corrected chi connectivity index (χ3v) is 3.87. The molecule has 1 aliphatic rings. The Kier molecular flexibility index (Phi) is 4.36. The first kappa shape index (κ1) is 15.2. The molecule has 0 aliphatic carbocycles. The second kappa shape index (κ2) is 6.60. The number of carbonyl (C=O) groups excluding carboxylic acids is 2. The average molecular weight is 313 g/mol. The van der Waals surface area contributed by atoms with E-state index in [9.17, 15) is 9.59 Å². The Bertz CT molecular complexity index is 698. The van der Waals surface area contributed by atoms with Crippen LogP contribution in [0.1, 0.15) is 13.3 Å². The first-order valence-electron chi connectivity index (χ1n) is 7.64. The molecule has 2 aromatic rings. The Balaban J connectivity index is 1.68. The van der Waals surface area contributed by atoms with Crippen molar-refractivity contribution in [1.82, 2.24) is 25.0 Å². The van der Waals surface area contributed by atoms with Gasteiger partial charge in [0.1, 0.15) is 12.9 Å². The van der Waals surface area contributed by atoms with E-state index in [1.807, 2.05) is 37.3 Å². The van der Waals surface area contributed by atoms with Crippen LogP contribution in [0.3, 0.4) is 0 Å². The highest BCUT2D eigenvalue weighted by Gasteiger charge is 2.25. The van der Waals surface area contributed by atoms with Crippen LogP contribution in [0.4, 0.5) is 0 Å². The number of amides is 2. The summed E-state index contributed by atoms with van der Waals surface area (Å²) in [5, 5.41) is 7.14. The summed E-state index contributed by atoms with van der Waals surface area (Å²) in [7, 11) is 0. The van der Waals surface area contributed by atoms with Crippen molar-refractivity contribution < 1.29 is 9.59 Å². The Morgan fingerprint density at radius 2 is 2.13 bits per heavy atom. The molecule has 7 heteroatoms. The maximum atomic E-state index is 12.5. The second-order valence-electron chi connectivity index (χ2n) is 5.62. The average Bonchev–Trinajstić information content (AvgIpc) is 2.93. The van der Waals surface area contributed by atoms with Gasteiger partial charge in [0.15, 0.2) is 5.82 Å². The van der Waals surface area contributed by atoms with E-state index in [-0.39, 0.29) is 24.4 Å². The third kappa shape index (κ3) is 3.56. The minimum Gasteiger partial charge on any atom is -0.354 e. The zero-order valence-electron chi connectivity index (χ0n) is 13.0. The molecular weight excluding hydrogens is 294 g/mol. The van der Waals surface area contributed by atoms with Gasteiger partial charge in [0, 0.05) is 31.1 Å². The van der Waals surface area contributed by atoms with Gasteiger partial charge in [-0.1, -0.05) is 30.3 Å². The maximum absolute atomic E-state index is 12.5. The summed E-state index contributed by atoms with van der Waals surface area (Å²) in [6.07, 6.45) is 1.89. The van der Waals surface area contributed by atoms with Gasteiger partial charge in [-0.05, 0) is 6.92 Å². The highest BCUT2D eigenvalue weighted by atomic mass is 16.2. The molecular formula is C16H19N5O2. The minimum atomic E-state index is -0.109. The van der Waals surface area contributed by atoms with Gasteiger partial charge in [-0.3, -0.25) is 9.59 Å². The number of nitrogens with zero attached hydrogens (tertiary/aromatic N) is 4. The van der Waals surface area contributed by atoms with Gasteiger partial charge in [0.2, 0.25) is 11.8 Å². The van der Waals surface area contributed by atoms with Crippen molar-refractivity contribution in [1.29, 1.82) is 0 Å². The highest BCUT2D eigenvalue weighted by Crippen LogP contribution is 2.13. The Hall–Kier alpha value is -2.70. The smallest absolute Gasteiger partial charge is 0.244 e. The van der Waals surface area contributed by atoms with Crippen LogP contribution in [0.25, 0.3) is 11.4 Å². The summed E-state index contributed by atoms with van der Waals surface area (Å²) in [6.45, 7) is 3.02. The molecule has 2 heterocycles. The SMILES string of the molecule is CC1CC(=O)NCCN1C(=O)Cn1cnc(-c2ccccc2)n1. The number of carbonyl (C=O) groups is 2. The van der Waals surface area contributed by atoms with E-state index in [0.717, 1.165) is 5.56 Å². The number of nitrogens with one attached hydrogen (secondary N) is 1. The second-order valence-corrected chi connectivity index (χ2v) is 5.62. The molecule has 0 radical (unpaired) electrons. The minimum absolute atomic E-state index is 0.0140. The topological polar surface area (TPSA) is 80.1 Å². The van der Waals surface area contributed by atoms with Crippen LogP contribution >= 0.6 is 0 Å². The summed E-state index contributed by atoms with van der Waals surface area (Å²) in [6, 6.07) is 9.52. The van der Waals surface area contributed by atoms with Crippen molar-refractivity contribution >= 4 is 11.8 Å².